The minimum absolute atomic E-state index is 0.00442. The molecule has 0 bridgehead atoms. The average molecular weight is 375 g/mol. The van der Waals surface area contributed by atoms with Gasteiger partial charge in [0.05, 0.1) is 5.02 Å². The lowest BCUT2D eigenvalue weighted by Gasteiger charge is -2.35. The van der Waals surface area contributed by atoms with E-state index in [4.69, 9.17) is 16.7 Å². The predicted octanol–water partition coefficient (Wildman–Crippen LogP) is 3.96. The molecule has 1 atom stereocenters. The Hall–Kier alpha value is -1.07. The van der Waals surface area contributed by atoms with Gasteiger partial charge < -0.3 is 10.0 Å². The minimum atomic E-state index is -0.820. The van der Waals surface area contributed by atoms with E-state index in [2.05, 4.69) is 15.9 Å². The molecule has 4 nitrogen and oxygen atoms in total. The normalized spacial score (nSPS) is 18.6. The van der Waals surface area contributed by atoms with Crippen molar-refractivity contribution in [3.8, 4) is 0 Å². The summed E-state index contributed by atoms with van der Waals surface area (Å²) in [5.74, 6) is -0.890. The zero-order valence-electron chi connectivity index (χ0n) is 11.5. The number of carboxylic acids is 1. The van der Waals surface area contributed by atoms with Crippen LogP contribution in [0.25, 0.3) is 0 Å². The van der Waals surface area contributed by atoms with Crippen LogP contribution in [0, 0.1) is 0 Å². The number of aliphatic carboxylic acids is 1. The van der Waals surface area contributed by atoms with Crippen LogP contribution in [0.1, 0.15) is 42.5 Å². The van der Waals surface area contributed by atoms with Gasteiger partial charge in [-0.3, -0.25) is 9.59 Å². The second-order valence-electron chi connectivity index (χ2n) is 5.21. The van der Waals surface area contributed by atoms with E-state index in [1.807, 2.05) is 0 Å². The number of halogens is 2. The quantitative estimate of drug-likeness (QED) is 0.868. The maximum absolute atomic E-state index is 12.6. The molecule has 114 valence electrons. The molecule has 1 fully saturated rings. The fraction of sp³-hybridized carbons (Fsp3) is 0.467. The molecule has 0 aromatic heterocycles. The summed E-state index contributed by atoms with van der Waals surface area (Å²) in [5, 5.41) is 9.33. The van der Waals surface area contributed by atoms with Crippen molar-refractivity contribution >= 4 is 39.4 Å². The van der Waals surface area contributed by atoms with Crippen molar-refractivity contribution in [1.29, 1.82) is 0 Å². The van der Waals surface area contributed by atoms with Crippen LogP contribution in [0.15, 0.2) is 22.7 Å². The van der Waals surface area contributed by atoms with E-state index < -0.39 is 5.97 Å². The van der Waals surface area contributed by atoms with E-state index in [0.717, 1.165) is 23.7 Å². The molecular formula is C15H17BrClNO3. The molecule has 1 unspecified atom stereocenters. The number of carboxylic acid groups (broad SMARTS) is 1. The van der Waals surface area contributed by atoms with Gasteiger partial charge >= 0.3 is 5.97 Å². The number of carbonyl (C=O) groups excluding carboxylic acids is 1. The van der Waals surface area contributed by atoms with Crippen LogP contribution in [-0.2, 0) is 4.79 Å². The Labute approximate surface area is 137 Å². The van der Waals surface area contributed by atoms with E-state index in [1.165, 1.54) is 0 Å². The number of rotatable bonds is 4. The Morgan fingerprint density at radius 1 is 1.38 bits per heavy atom. The number of hydrogen-bond acceptors (Lipinski definition) is 2. The standard InChI is InChI=1S/C15H17BrClNO3/c16-12-6-4-10(9-13(12)17)15(21)18-8-2-1-3-11(18)5-7-14(19)20/h4,6,9,11H,1-3,5,7-8H2,(H,19,20). The Bertz CT molecular complexity index is 550. The summed E-state index contributed by atoms with van der Waals surface area (Å²) in [6, 6.07) is 5.15. The number of hydrogen-bond donors (Lipinski definition) is 1. The Kier molecular flexibility index (Phi) is 5.65. The average Bonchev–Trinajstić information content (AvgIpc) is 2.47. The van der Waals surface area contributed by atoms with Crippen molar-refractivity contribution in [3.63, 3.8) is 0 Å². The number of carbonyl (C=O) groups is 2. The predicted molar refractivity (Wildman–Crippen MR) is 84.7 cm³/mol. The number of piperidine rings is 1. The van der Waals surface area contributed by atoms with E-state index in [9.17, 15) is 9.59 Å². The highest BCUT2D eigenvalue weighted by molar-refractivity contribution is 9.10. The summed E-state index contributed by atoms with van der Waals surface area (Å²) in [5.41, 5.74) is 0.547. The third kappa shape index (κ3) is 4.20. The van der Waals surface area contributed by atoms with Crippen molar-refractivity contribution in [2.24, 2.45) is 0 Å². The lowest BCUT2D eigenvalue weighted by molar-refractivity contribution is -0.137. The first kappa shape index (κ1) is 16.3. The summed E-state index contributed by atoms with van der Waals surface area (Å²) >= 11 is 9.35. The molecule has 1 aliphatic rings. The zero-order chi connectivity index (χ0) is 15.4. The minimum Gasteiger partial charge on any atom is -0.481 e. The molecule has 6 heteroatoms. The smallest absolute Gasteiger partial charge is 0.303 e. The lowest BCUT2D eigenvalue weighted by atomic mass is 9.97. The molecule has 1 N–H and O–H groups in total. The SMILES string of the molecule is O=C(O)CCC1CCCCN1C(=O)c1ccc(Br)c(Cl)c1. The maximum atomic E-state index is 12.6. The molecular weight excluding hydrogens is 358 g/mol. The summed E-state index contributed by atoms with van der Waals surface area (Å²) in [6.07, 6.45) is 3.46. The first-order valence-electron chi connectivity index (χ1n) is 6.97. The summed E-state index contributed by atoms with van der Waals surface area (Å²) in [6.45, 7) is 0.677. The van der Waals surface area contributed by atoms with Gasteiger partial charge in [-0.2, -0.15) is 0 Å². The Morgan fingerprint density at radius 3 is 2.81 bits per heavy atom. The third-order valence-electron chi connectivity index (χ3n) is 3.75. The van der Waals surface area contributed by atoms with Crippen LogP contribution in [0.2, 0.25) is 5.02 Å². The largest absolute Gasteiger partial charge is 0.481 e. The zero-order valence-corrected chi connectivity index (χ0v) is 13.9. The number of nitrogens with zero attached hydrogens (tertiary/aromatic N) is 1. The van der Waals surface area contributed by atoms with Gasteiger partial charge in [0.2, 0.25) is 0 Å². The van der Waals surface area contributed by atoms with Gasteiger partial charge in [-0.15, -0.1) is 0 Å². The summed E-state index contributed by atoms with van der Waals surface area (Å²) in [4.78, 5) is 25.2. The van der Waals surface area contributed by atoms with Crippen molar-refractivity contribution in [2.75, 3.05) is 6.54 Å². The van der Waals surface area contributed by atoms with Crippen molar-refractivity contribution in [2.45, 2.75) is 38.1 Å². The van der Waals surface area contributed by atoms with Gasteiger partial charge in [-0.25, -0.2) is 0 Å². The molecule has 0 spiro atoms. The van der Waals surface area contributed by atoms with Crippen LogP contribution in [-0.4, -0.2) is 34.5 Å². The molecule has 0 aliphatic carbocycles. The first-order valence-corrected chi connectivity index (χ1v) is 8.14. The van der Waals surface area contributed by atoms with E-state index >= 15 is 0 Å². The van der Waals surface area contributed by atoms with Crippen molar-refractivity contribution in [1.82, 2.24) is 4.90 Å². The Balaban J connectivity index is 2.13. The van der Waals surface area contributed by atoms with Gasteiger partial charge in [-0.05, 0) is 59.8 Å². The first-order chi connectivity index (χ1) is 9.99. The molecule has 1 aromatic carbocycles. The summed E-state index contributed by atoms with van der Waals surface area (Å²) in [7, 11) is 0. The number of amides is 1. The van der Waals surface area contributed by atoms with Gasteiger partial charge in [-0.1, -0.05) is 11.6 Å². The lowest BCUT2D eigenvalue weighted by Crippen LogP contribution is -2.44. The highest BCUT2D eigenvalue weighted by Gasteiger charge is 2.27. The summed E-state index contributed by atoms with van der Waals surface area (Å²) < 4.78 is 0.752. The number of likely N-dealkylation sites (tertiary alicyclic amines) is 1. The molecule has 1 heterocycles. The van der Waals surface area contributed by atoms with E-state index in [0.29, 0.717) is 23.6 Å². The fourth-order valence-electron chi connectivity index (χ4n) is 2.65. The fourth-order valence-corrected chi connectivity index (χ4v) is 3.08. The molecule has 0 radical (unpaired) electrons. The van der Waals surface area contributed by atoms with Crippen LogP contribution in [0.5, 0.6) is 0 Å². The van der Waals surface area contributed by atoms with Gasteiger partial charge in [0.25, 0.3) is 5.91 Å². The molecule has 1 saturated heterocycles. The number of benzene rings is 1. The van der Waals surface area contributed by atoms with Crippen LogP contribution < -0.4 is 0 Å². The van der Waals surface area contributed by atoms with Crippen LogP contribution in [0.3, 0.4) is 0 Å². The molecule has 1 amide bonds. The second-order valence-corrected chi connectivity index (χ2v) is 6.47. The van der Waals surface area contributed by atoms with Gasteiger partial charge in [0.1, 0.15) is 0 Å². The highest BCUT2D eigenvalue weighted by Crippen LogP contribution is 2.27. The van der Waals surface area contributed by atoms with Gasteiger partial charge in [0, 0.05) is 29.0 Å². The molecule has 2 rings (SSSR count). The van der Waals surface area contributed by atoms with Crippen LogP contribution >= 0.6 is 27.5 Å². The van der Waals surface area contributed by atoms with E-state index in [1.54, 1.807) is 23.1 Å². The monoisotopic (exact) mass is 373 g/mol. The maximum Gasteiger partial charge on any atom is 0.303 e. The van der Waals surface area contributed by atoms with E-state index in [-0.39, 0.29) is 18.4 Å². The molecule has 21 heavy (non-hydrogen) atoms. The van der Waals surface area contributed by atoms with Crippen LogP contribution in [0.4, 0.5) is 0 Å². The highest BCUT2D eigenvalue weighted by atomic mass is 79.9. The molecule has 1 aliphatic heterocycles. The molecule has 1 aromatic rings. The Morgan fingerprint density at radius 2 is 2.14 bits per heavy atom. The second kappa shape index (κ2) is 7.27. The third-order valence-corrected chi connectivity index (χ3v) is 4.98. The van der Waals surface area contributed by atoms with Crippen molar-refractivity contribution in [3.05, 3.63) is 33.3 Å². The topological polar surface area (TPSA) is 57.6 Å². The van der Waals surface area contributed by atoms with Crippen molar-refractivity contribution < 1.29 is 14.7 Å². The molecule has 0 saturated carbocycles. The van der Waals surface area contributed by atoms with Gasteiger partial charge in [0.15, 0.2) is 0 Å².